The monoisotopic (exact) mass is 476 g/mol. The molecule has 0 aliphatic rings. The highest BCUT2D eigenvalue weighted by Gasteiger charge is 2.19. The van der Waals surface area contributed by atoms with Crippen LogP contribution in [0.1, 0.15) is 19.8 Å². The van der Waals surface area contributed by atoms with Crippen molar-refractivity contribution < 1.29 is 19.0 Å². The highest BCUT2D eigenvalue weighted by Crippen LogP contribution is 2.41. The van der Waals surface area contributed by atoms with Crippen molar-refractivity contribution in [2.24, 2.45) is 0 Å². The maximum atomic E-state index is 12.3. The molecule has 2 aromatic heterocycles. The lowest BCUT2D eigenvalue weighted by Crippen LogP contribution is -2.14. The lowest BCUT2D eigenvalue weighted by atomic mass is 10.1. The third kappa shape index (κ3) is 5.31. The Hall–Kier alpha value is -3.58. The molecule has 0 aliphatic heterocycles. The van der Waals surface area contributed by atoms with Gasteiger partial charge in [-0.3, -0.25) is 4.79 Å². The predicted octanol–water partition coefficient (Wildman–Crippen LogP) is 6.31. The average Bonchev–Trinajstić information content (AvgIpc) is 3.51. The molecule has 4 aromatic rings. The standard InChI is InChI=1S/C27H28N2O4S/c1-4-5-17-33-24(30)18-29-16-6-7-23(29)27-28-25(19-8-12-21(31-2)13-9-19)26(34-27)20-10-14-22(32-3)15-11-20/h6-16H,4-5,17-18H2,1-3H3. The van der Waals surface area contributed by atoms with Gasteiger partial charge in [-0.25, -0.2) is 4.98 Å². The molecule has 0 fully saturated rings. The Bertz CT molecular complexity index is 1160. The Morgan fingerprint density at radius 1 is 0.941 bits per heavy atom. The van der Waals surface area contributed by atoms with Gasteiger partial charge in [0, 0.05) is 11.8 Å². The van der Waals surface area contributed by atoms with Gasteiger partial charge in [-0.2, -0.15) is 0 Å². The van der Waals surface area contributed by atoms with Crippen LogP contribution in [0.25, 0.3) is 32.4 Å². The molecule has 0 atom stereocenters. The number of hydrogen-bond acceptors (Lipinski definition) is 6. The minimum Gasteiger partial charge on any atom is -0.497 e. The van der Waals surface area contributed by atoms with Gasteiger partial charge in [-0.1, -0.05) is 13.3 Å². The number of nitrogens with zero attached hydrogens (tertiary/aromatic N) is 2. The third-order valence-corrected chi connectivity index (χ3v) is 6.58. The SMILES string of the molecule is CCCCOC(=O)Cn1cccc1-c1nc(-c2ccc(OC)cc2)c(-c2ccc(OC)cc2)s1. The van der Waals surface area contributed by atoms with E-state index in [4.69, 9.17) is 19.2 Å². The number of thiazole rings is 1. The number of rotatable bonds is 10. The molecule has 0 amide bonds. The van der Waals surface area contributed by atoms with Crippen molar-refractivity contribution in [1.29, 1.82) is 0 Å². The van der Waals surface area contributed by atoms with E-state index >= 15 is 0 Å². The van der Waals surface area contributed by atoms with Crippen LogP contribution in [0.5, 0.6) is 11.5 Å². The van der Waals surface area contributed by atoms with E-state index in [0.717, 1.165) is 56.7 Å². The summed E-state index contributed by atoms with van der Waals surface area (Å²) in [7, 11) is 3.31. The minimum atomic E-state index is -0.242. The van der Waals surface area contributed by atoms with E-state index in [-0.39, 0.29) is 12.5 Å². The lowest BCUT2D eigenvalue weighted by molar-refractivity contribution is -0.144. The molecule has 0 saturated carbocycles. The Labute approximate surface area is 203 Å². The molecule has 7 heteroatoms. The first-order valence-corrected chi connectivity index (χ1v) is 12.1. The number of unbranched alkanes of at least 4 members (excludes halogenated alkanes) is 1. The summed E-state index contributed by atoms with van der Waals surface area (Å²) in [6, 6.07) is 19.7. The molecule has 6 nitrogen and oxygen atoms in total. The van der Waals surface area contributed by atoms with Gasteiger partial charge in [0.25, 0.3) is 0 Å². The number of aromatic nitrogens is 2. The molecule has 0 N–H and O–H groups in total. The van der Waals surface area contributed by atoms with E-state index in [1.807, 2.05) is 71.4 Å². The molecule has 176 valence electrons. The first kappa shape index (κ1) is 23.6. The molecule has 0 radical (unpaired) electrons. The number of benzene rings is 2. The molecule has 0 spiro atoms. The van der Waals surface area contributed by atoms with Gasteiger partial charge >= 0.3 is 5.97 Å². The molecule has 0 unspecified atom stereocenters. The van der Waals surface area contributed by atoms with Crippen LogP contribution >= 0.6 is 11.3 Å². The molecule has 4 rings (SSSR count). The van der Waals surface area contributed by atoms with Gasteiger partial charge in [0.15, 0.2) is 0 Å². The topological polar surface area (TPSA) is 62.6 Å². The molecular formula is C27H28N2O4S. The summed E-state index contributed by atoms with van der Waals surface area (Å²) >= 11 is 1.60. The second kappa shape index (κ2) is 11.0. The number of hydrogen-bond donors (Lipinski definition) is 0. The van der Waals surface area contributed by atoms with Crippen molar-refractivity contribution >= 4 is 17.3 Å². The molecule has 0 aliphatic carbocycles. The first-order chi connectivity index (χ1) is 16.6. The number of esters is 1. The van der Waals surface area contributed by atoms with Crippen LogP contribution in [-0.2, 0) is 16.1 Å². The fourth-order valence-electron chi connectivity index (χ4n) is 3.57. The zero-order chi connectivity index (χ0) is 23.9. The minimum absolute atomic E-state index is 0.154. The van der Waals surface area contributed by atoms with Crippen LogP contribution in [-0.4, -0.2) is 36.3 Å². The normalized spacial score (nSPS) is 10.8. The van der Waals surface area contributed by atoms with E-state index in [0.29, 0.717) is 6.61 Å². The Kier molecular flexibility index (Phi) is 7.65. The van der Waals surface area contributed by atoms with Crippen molar-refractivity contribution in [1.82, 2.24) is 9.55 Å². The number of methoxy groups -OCH3 is 2. The van der Waals surface area contributed by atoms with Gasteiger partial charge in [0.2, 0.25) is 0 Å². The van der Waals surface area contributed by atoms with Crippen LogP contribution in [0.4, 0.5) is 0 Å². The second-order valence-corrected chi connectivity index (χ2v) is 8.75. The summed E-state index contributed by atoms with van der Waals surface area (Å²) in [6.07, 6.45) is 3.74. The van der Waals surface area contributed by atoms with Crippen molar-refractivity contribution in [2.75, 3.05) is 20.8 Å². The Morgan fingerprint density at radius 2 is 1.59 bits per heavy atom. The molecule has 2 heterocycles. The number of ether oxygens (including phenoxy) is 3. The average molecular weight is 477 g/mol. The zero-order valence-electron chi connectivity index (χ0n) is 19.6. The fourth-order valence-corrected chi connectivity index (χ4v) is 4.71. The van der Waals surface area contributed by atoms with Gasteiger partial charge < -0.3 is 18.8 Å². The third-order valence-electron chi connectivity index (χ3n) is 5.45. The van der Waals surface area contributed by atoms with E-state index in [2.05, 4.69) is 6.92 Å². The van der Waals surface area contributed by atoms with Gasteiger partial charge in [0.05, 0.1) is 37.1 Å². The van der Waals surface area contributed by atoms with Gasteiger partial charge in [-0.15, -0.1) is 11.3 Å². The number of carbonyl (C=O) groups excluding carboxylic acids is 1. The van der Waals surface area contributed by atoms with Crippen molar-refractivity contribution in [2.45, 2.75) is 26.3 Å². The van der Waals surface area contributed by atoms with E-state index in [1.54, 1.807) is 25.6 Å². The summed E-state index contributed by atoms with van der Waals surface area (Å²) in [5.41, 5.74) is 3.80. The fraction of sp³-hybridized carbons (Fsp3) is 0.259. The molecular weight excluding hydrogens is 448 g/mol. The van der Waals surface area contributed by atoms with Gasteiger partial charge in [0.1, 0.15) is 23.1 Å². The summed E-state index contributed by atoms with van der Waals surface area (Å²) in [5.74, 6) is 1.35. The Morgan fingerprint density at radius 3 is 2.21 bits per heavy atom. The van der Waals surface area contributed by atoms with Crippen LogP contribution < -0.4 is 9.47 Å². The van der Waals surface area contributed by atoms with Crippen LogP contribution in [0.3, 0.4) is 0 Å². The largest absolute Gasteiger partial charge is 0.497 e. The number of carbonyl (C=O) groups is 1. The highest BCUT2D eigenvalue weighted by molar-refractivity contribution is 7.18. The maximum absolute atomic E-state index is 12.3. The summed E-state index contributed by atoms with van der Waals surface area (Å²) in [4.78, 5) is 18.4. The van der Waals surface area contributed by atoms with Crippen molar-refractivity contribution in [3.05, 3.63) is 66.9 Å². The first-order valence-electron chi connectivity index (χ1n) is 11.2. The van der Waals surface area contributed by atoms with Crippen LogP contribution in [0, 0.1) is 0 Å². The smallest absolute Gasteiger partial charge is 0.325 e. The van der Waals surface area contributed by atoms with Crippen LogP contribution in [0.2, 0.25) is 0 Å². The van der Waals surface area contributed by atoms with E-state index in [9.17, 15) is 4.79 Å². The Balaban J connectivity index is 1.71. The molecule has 0 bridgehead atoms. The summed E-state index contributed by atoms with van der Waals surface area (Å²) in [6.45, 7) is 2.68. The molecule has 2 aromatic carbocycles. The predicted molar refractivity (Wildman–Crippen MR) is 135 cm³/mol. The lowest BCUT2D eigenvalue weighted by Gasteiger charge is -2.07. The highest BCUT2D eigenvalue weighted by atomic mass is 32.1. The second-order valence-electron chi connectivity index (χ2n) is 7.75. The summed E-state index contributed by atoms with van der Waals surface area (Å²) < 4.78 is 17.9. The molecule has 34 heavy (non-hydrogen) atoms. The van der Waals surface area contributed by atoms with E-state index < -0.39 is 0 Å². The van der Waals surface area contributed by atoms with Crippen LogP contribution in [0.15, 0.2) is 66.9 Å². The van der Waals surface area contributed by atoms with E-state index in [1.165, 1.54) is 0 Å². The van der Waals surface area contributed by atoms with Crippen molar-refractivity contribution in [3.8, 4) is 43.9 Å². The maximum Gasteiger partial charge on any atom is 0.325 e. The molecule has 0 saturated heterocycles. The summed E-state index contributed by atoms with van der Waals surface area (Å²) in [5, 5.41) is 0.836. The quantitative estimate of drug-likeness (QED) is 0.198. The van der Waals surface area contributed by atoms with Crippen molar-refractivity contribution in [3.63, 3.8) is 0 Å². The van der Waals surface area contributed by atoms with Gasteiger partial charge in [-0.05, 0) is 72.6 Å². The zero-order valence-corrected chi connectivity index (χ0v) is 20.4.